The third kappa shape index (κ3) is 5.05. The fourth-order valence-electron chi connectivity index (χ4n) is 3.67. The SMILES string of the molecule is COc1cccc(C2CC(c3cccc(NS(C)(=O)=O)c3)=NN2S(=O)(=O)c2ccc(F)cc2)c1. The highest BCUT2D eigenvalue weighted by molar-refractivity contribution is 7.92. The number of nitrogens with one attached hydrogen (secondary N) is 1. The molecule has 0 amide bonds. The lowest BCUT2D eigenvalue weighted by Gasteiger charge is -2.23. The lowest BCUT2D eigenvalue weighted by molar-refractivity contribution is 0.368. The summed E-state index contributed by atoms with van der Waals surface area (Å²) in [6.07, 6.45) is 1.28. The number of anilines is 1. The van der Waals surface area contributed by atoms with E-state index in [4.69, 9.17) is 4.74 Å². The van der Waals surface area contributed by atoms with Gasteiger partial charge in [0.05, 0.1) is 30.0 Å². The number of benzene rings is 3. The van der Waals surface area contributed by atoms with Crippen LogP contribution in [0.1, 0.15) is 23.6 Å². The molecule has 0 saturated heterocycles. The molecule has 0 aliphatic carbocycles. The van der Waals surface area contributed by atoms with E-state index in [-0.39, 0.29) is 11.3 Å². The molecule has 3 aromatic carbocycles. The van der Waals surface area contributed by atoms with Gasteiger partial charge in [-0.1, -0.05) is 24.3 Å². The summed E-state index contributed by atoms with van der Waals surface area (Å²) >= 11 is 0. The largest absolute Gasteiger partial charge is 0.497 e. The molecule has 1 atom stereocenters. The van der Waals surface area contributed by atoms with Crippen molar-refractivity contribution in [2.45, 2.75) is 17.4 Å². The molecule has 8 nitrogen and oxygen atoms in total. The Labute approximate surface area is 197 Å². The second kappa shape index (κ2) is 9.07. The fraction of sp³-hybridized carbons (Fsp3) is 0.174. The number of hydrogen-bond donors (Lipinski definition) is 1. The minimum atomic E-state index is -4.13. The Balaban J connectivity index is 1.79. The molecule has 34 heavy (non-hydrogen) atoms. The molecular weight excluding hydrogens is 481 g/mol. The van der Waals surface area contributed by atoms with Crippen molar-refractivity contribution < 1.29 is 26.0 Å². The van der Waals surface area contributed by atoms with Gasteiger partial charge in [0.1, 0.15) is 11.6 Å². The van der Waals surface area contributed by atoms with Crippen LogP contribution in [0.5, 0.6) is 5.75 Å². The first kappa shape index (κ1) is 23.7. The predicted molar refractivity (Wildman–Crippen MR) is 127 cm³/mol. The summed E-state index contributed by atoms with van der Waals surface area (Å²) in [6.45, 7) is 0. The van der Waals surface area contributed by atoms with Crippen LogP contribution < -0.4 is 9.46 Å². The highest BCUT2D eigenvalue weighted by Crippen LogP contribution is 2.38. The topological polar surface area (TPSA) is 105 Å². The maximum atomic E-state index is 13.5. The number of hydrazone groups is 1. The summed E-state index contributed by atoms with van der Waals surface area (Å²) in [6, 6.07) is 17.4. The molecule has 11 heteroatoms. The maximum Gasteiger partial charge on any atom is 0.279 e. The van der Waals surface area contributed by atoms with Gasteiger partial charge in [0.15, 0.2) is 0 Å². The standard InChI is InChI=1S/C23H22FN3O5S2/c1-32-20-8-4-6-17(14-20)23-15-22(16-5-3-7-19(13-16)26-33(2,28)29)25-27(23)34(30,31)21-11-9-18(24)10-12-21/h3-14,23,26H,15H2,1-2H3. The predicted octanol–water partition coefficient (Wildman–Crippen LogP) is 3.75. The molecule has 3 aromatic rings. The van der Waals surface area contributed by atoms with Crippen molar-refractivity contribution in [3.63, 3.8) is 0 Å². The average Bonchev–Trinajstić information content (AvgIpc) is 3.25. The van der Waals surface area contributed by atoms with Crippen LogP contribution in [-0.2, 0) is 20.0 Å². The summed E-state index contributed by atoms with van der Waals surface area (Å²) in [4.78, 5) is -0.0979. The monoisotopic (exact) mass is 503 g/mol. The van der Waals surface area contributed by atoms with Gasteiger partial charge in [0.25, 0.3) is 10.0 Å². The Morgan fingerprint density at radius 3 is 2.38 bits per heavy atom. The first-order valence-corrected chi connectivity index (χ1v) is 13.5. The molecule has 1 N–H and O–H groups in total. The van der Waals surface area contributed by atoms with Gasteiger partial charge < -0.3 is 4.74 Å². The Morgan fingerprint density at radius 1 is 1.00 bits per heavy atom. The van der Waals surface area contributed by atoms with Crippen LogP contribution in [-0.4, -0.2) is 40.3 Å². The summed E-state index contributed by atoms with van der Waals surface area (Å²) in [5, 5.41) is 4.43. The smallest absolute Gasteiger partial charge is 0.279 e. The highest BCUT2D eigenvalue weighted by Gasteiger charge is 2.38. The van der Waals surface area contributed by atoms with Crippen molar-refractivity contribution in [3.8, 4) is 5.75 Å². The Hall–Kier alpha value is -3.44. The zero-order chi connectivity index (χ0) is 24.5. The van der Waals surface area contributed by atoms with E-state index in [1.807, 2.05) is 0 Å². The molecule has 0 aromatic heterocycles. The first-order chi connectivity index (χ1) is 16.1. The van der Waals surface area contributed by atoms with E-state index in [2.05, 4.69) is 9.82 Å². The number of halogens is 1. The summed E-state index contributed by atoms with van der Waals surface area (Å²) in [7, 11) is -6.10. The van der Waals surface area contributed by atoms with Crippen LogP contribution >= 0.6 is 0 Å². The molecule has 1 aliphatic heterocycles. The van der Waals surface area contributed by atoms with E-state index in [0.29, 0.717) is 28.3 Å². The molecule has 0 radical (unpaired) electrons. The van der Waals surface area contributed by atoms with Crippen molar-refractivity contribution in [2.75, 3.05) is 18.1 Å². The quantitative estimate of drug-likeness (QED) is 0.529. The third-order valence-electron chi connectivity index (χ3n) is 5.21. The number of hydrogen-bond acceptors (Lipinski definition) is 6. The van der Waals surface area contributed by atoms with E-state index in [9.17, 15) is 21.2 Å². The molecule has 1 unspecified atom stereocenters. The Morgan fingerprint density at radius 2 is 1.71 bits per heavy atom. The second-order valence-electron chi connectivity index (χ2n) is 7.73. The molecule has 178 valence electrons. The molecule has 4 rings (SSSR count). The second-order valence-corrected chi connectivity index (χ2v) is 11.3. The highest BCUT2D eigenvalue weighted by atomic mass is 32.2. The minimum Gasteiger partial charge on any atom is -0.497 e. The molecule has 0 saturated carbocycles. The van der Waals surface area contributed by atoms with Crippen molar-refractivity contribution in [1.82, 2.24) is 4.41 Å². The summed E-state index contributed by atoms with van der Waals surface area (Å²) in [5.74, 6) is 0.00790. The Bertz CT molecular complexity index is 1460. The van der Waals surface area contributed by atoms with Gasteiger partial charge in [-0.2, -0.15) is 17.9 Å². The average molecular weight is 504 g/mol. The van der Waals surface area contributed by atoms with Crippen molar-refractivity contribution in [1.29, 1.82) is 0 Å². The van der Waals surface area contributed by atoms with Crippen molar-refractivity contribution in [2.24, 2.45) is 5.10 Å². The van der Waals surface area contributed by atoms with Crippen LogP contribution in [0.3, 0.4) is 0 Å². The van der Waals surface area contributed by atoms with E-state index >= 15 is 0 Å². The number of ether oxygens (including phenoxy) is 1. The van der Waals surface area contributed by atoms with Gasteiger partial charge in [0, 0.05) is 12.1 Å². The zero-order valence-electron chi connectivity index (χ0n) is 18.3. The van der Waals surface area contributed by atoms with Crippen LogP contribution in [0.4, 0.5) is 10.1 Å². The maximum absolute atomic E-state index is 13.5. The van der Waals surface area contributed by atoms with E-state index in [1.54, 1.807) is 48.5 Å². The molecule has 1 aliphatic rings. The van der Waals surface area contributed by atoms with Gasteiger partial charge in [-0.05, 0) is 59.7 Å². The molecule has 0 bridgehead atoms. The zero-order valence-corrected chi connectivity index (χ0v) is 20.0. The molecular formula is C23H22FN3O5S2. The molecule has 1 heterocycles. The normalized spacial score (nSPS) is 16.3. The molecule has 0 fully saturated rings. The van der Waals surface area contributed by atoms with Crippen LogP contribution in [0.2, 0.25) is 0 Å². The number of sulfonamides is 2. The minimum absolute atomic E-state index is 0.0979. The Kier molecular flexibility index (Phi) is 6.32. The lowest BCUT2D eigenvalue weighted by Crippen LogP contribution is -2.27. The van der Waals surface area contributed by atoms with Crippen molar-refractivity contribution >= 4 is 31.4 Å². The number of nitrogens with zero attached hydrogens (tertiary/aromatic N) is 2. The fourth-order valence-corrected chi connectivity index (χ4v) is 5.66. The third-order valence-corrected chi connectivity index (χ3v) is 7.51. The van der Waals surface area contributed by atoms with E-state index < -0.39 is 31.9 Å². The van der Waals surface area contributed by atoms with Gasteiger partial charge in [0.2, 0.25) is 10.0 Å². The van der Waals surface area contributed by atoms with E-state index in [0.717, 1.165) is 22.8 Å². The lowest BCUT2D eigenvalue weighted by atomic mass is 9.99. The van der Waals surface area contributed by atoms with E-state index in [1.165, 1.54) is 19.2 Å². The van der Waals surface area contributed by atoms with Gasteiger partial charge >= 0.3 is 0 Å². The van der Waals surface area contributed by atoms with Crippen LogP contribution in [0, 0.1) is 5.82 Å². The van der Waals surface area contributed by atoms with Crippen LogP contribution in [0.25, 0.3) is 0 Å². The first-order valence-electron chi connectivity index (χ1n) is 10.2. The van der Waals surface area contributed by atoms with Gasteiger partial charge in [-0.25, -0.2) is 12.8 Å². The summed E-state index contributed by atoms with van der Waals surface area (Å²) in [5.41, 5.74) is 2.02. The number of methoxy groups -OCH3 is 1. The number of rotatable bonds is 7. The molecule has 0 spiro atoms. The van der Waals surface area contributed by atoms with Crippen LogP contribution in [0.15, 0.2) is 82.8 Å². The van der Waals surface area contributed by atoms with Crippen molar-refractivity contribution in [3.05, 3.63) is 89.7 Å². The van der Waals surface area contributed by atoms with Gasteiger partial charge in [-0.15, -0.1) is 0 Å². The van der Waals surface area contributed by atoms with Gasteiger partial charge in [-0.3, -0.25) is 4.72 Å². The summed E-state index contributed by atoms with van der Waals surface area (Å²) < 4.78 is 72.4.